The molecule has 3 nitrogen and oxygen atoms in total. The van der Waals surface area contributed by atoms with E-state index in [1.54, 1.807) is 0 Å². The first-order valence-electron chi connectivity index (χ1n) is 5.01. The smallest absolute Gasteiger partial charge is 0.0679 e. The SMILES string of the molecule is CC1(CCN)NC(C)(C)C(C)(C)N1. The van der Waals surface area contributed by atoms with Crippen LogP contribution in [0.4, 0.5) is 0 Å². The summed E-state index contributed by atoms with van der Waals surface area (Å²) in [5.74, 6) is 0. The molecule has 0 aromatic carbocycles. The minimum Gasteiger partial charge on any atom is -0.330 e. The van der Waals surface area contributed by atoms with E-state index in [-0.39, 0.29) is 16.7 Å². The molecular formula is C10H23N3. The Morgan fingerprint density at radius 2 is 1.31 bits per heavy atom. The first kappa shape index (κ1) is 11.0. The Morgan fingerprint density at radius 1 is 0.923 bits per heavy atom. The van der Waals surface area contributed by atoms with Crippen LogP contribution in [0.25, 0.3) is 0 Å². The summed E-state index contributed by atoms with van der Waals surface area (Å²) in [6, 6.07) is 0. The molecule has 1 heterocycles. The van der Waals surface area contributed by atoms with Crippen LogP contribution in [0.15, 0.2) is 0 Å². The predicted molar refractivity (Wildman–Crippen MR) is 56.5 cm³/mol. The first-order valence-corrected chi connectivity index (χ1v) is 5.01. The molecule has 1 aliphatic rings. The van der Waals surface area contributed by atoms with Crippen LogP contribution in [-0.4, -0.2) is 23.3 Å². The van der Waals surface area contributed by atoms with E-state index in [4.69, 9.17) is 5.73 Å². The third-order valence-electron chi connectivity index (χ3n) is 3.38. The topological polar surface area (TPSA) is 50.1 Å². The molecule has 78 valence electrons. The summed E-state index contributed by atoms with van der Waals surface area (Å²) in [7, 11) is 0. The number of hydrogen-bond acceptors (Lipinski definition) is 3. The standard InChI is InChI=1S/C10H23N3/c1-8(2)9(3,4)13-10(5,12-8)6-7-11/h12-13H,6-7,11H2,1-5H3. The van der Waals surface area contributed by atoms with Crippen molar-refractivity contribution in [2.24, 2.45) is 5.73 Å². The van der Waals surface area contributed by atoms with Crippen molar-refractivity contribution in [2.45, 2.75) is 57.8 Å². The minimum atomic E-state index is -0.0122. The maximum Gasteiger partial charge on any atom is 0.0679 e. The summed E-state index contributed by atoms with van der Waals surface area (Å²) >= 11 is 0. The maximum atomic E-state index is 5.59. The molecule has 13 heavy (non-hydrogen) atoms. The molecule has 0 aliphatic carbocycles. The molecule has 1 saturated heterocycles. The molecule has 0 radical (unpaired) electrons. The van der Waals surface area contributed by atoms with Gasteiger partial charge >= 0.3 is 0 Å². The van der Waals surface area contributed by atoms with Gasteiger partial charge in [0.05, 0.1) is 5.66 Å². The van der Waals surface area contributed by atoms with Crippen molar-refractivity contribution in [3.63, 3.8) is 0 Å². The van der Waals surface area contributed by atoms with Gasteiger partial charge in [-0.05, 0) is 47.6 Å². The monoisotopic (exact) mass is 185 g/mol. The first-order chi connectivity index (χ1) is 5.72. The average Bonchev–Trinajstić information content (AvgIpc) is 1.96. The molecular weight excluding hydrogens is 162 g/mol. The van der Waals surface area contributed by atoms with E-state index < -0.39 is 0 Å². The lowest BCUT2D eigenvalue weighted by atomic mass is 9.85. The van der Waals surface area contributed by atoms with Crippen molar-refractivity contribution >= 4 is 0 Å². The van der Waals surface area contributed by atoms with Crippen molar-refractivity contribution in [2.75, 3.05) is 6.54 Å². The summed E-state index contributed by atoms with van der Waals surface area (Å²) in [5.41, 5.74) is 5.79. The highest BCUT2D eigenvalue weighted by Gasteiger charge is 2.50. The van der Waals surface area contributed by atoms with Crippen LogP contribution in [0.3, 0.4) is 0 Å². The van der Waals surface area contributed by atoms with Gasteiger partial charge in [-0.25, -0.2) is 0 Å². The van der Waals surface area contributed by atoms with Gasteiger partial charge < -0.3 is 5.73 Å². The molecule has 0 unspecified atom stereocenters. The molecule has 0 aromatic heterocycles. The molecule has 0 amide bonds. The van der Waals surface area contributed by atoms with Crippen molar-refractivity contribution in [1.29, 1.82) is 0 Å². The van der Waals surface area contributed by atoms with Gasteiger partial charge in [0.2, 0.25) is 0 Å². The van der Waals surface area contributed by atoms with Crippen molar-refractivity contribution in [3.8, 4) is 0 Å². The summed E-state index contributed by atoms with van der Waals surface area (Å²) in [6.07, 6.45) is 0.958. The van der Waals surface area contributed by atoms with E-state index in [0.29, 0.717) is 6.54 Å². The normalized spacial score (nSPS) is 29.1. The van der Waals surface area contributed by atoms with Gasteiger partial charge in [0.15, 0.2) is 0 Å². The quantitative estimate of drug-likeness (QED) is 0.596. The molecule has 0 spiro atoms. The van der Waals surface area contributed by atoms with Gasteiger partial charge in [-0.15, -0.1) is 0 Å². The largest absolute Gasteiger partial charge is 0.330 e. The molecule has 1 rings (SSSR count). The molecule has 0 saturated carbocycles. The average molecular weight is 185 g/mol. The van der Waals surface area contributed by atoms with Gasteiger partial charge in [0, 0.05) is 11.1 Å². The second kappa shape index (κ2) is 2.94. The van der Waals surface area contributed by atoms with E-state index in [1.165, 1.54) is 0 Å². The van der Waals surface area contributed by atoms with Gasteiger partial charge in [-0.1, -0.05) is 0 Å². The maximum absolute atomic E-state index is 5.59. The Labute approximate surface area is 81.5 Å². The summed E-state index contributed by atoms with van der Waals surface area (Å²) in [4.78, 5) is 0. The van der Waals surface area contributed by atoms with E-state index in [1.807, 2.05) is 0 Å². The van der Waals surface area contributed by atoms with Crippen molar-refractivity contribution < 1.29 is 0 Å². The summed E-state index contributed by atoms with van der Waals surface area (Å²) in [5, 5.41) is 7.21. The van der Waals surface area contributed by atoms with Gasteiger partial charge in [-0.3, -0.25) is 10.6 Å². The Balaban J connectivity index is 2.80. The highest BCUT2D eigenvalue weighted by atomic mass is 15.3. The van der Waals surface area contributed by atoms with Crippen LogP contribution in [0.2, 0.25) is 0 Å². The Bertz CT molecular complexity index is 180. The Hall–Kier alpha value is -0.120. The molecule has 4 N–H and O–H groups in total. The predicted octanol–water partition coefficient (Wildman–Crippen LogP) is 0.801. The third kappa shape index (κ3) is 1.87. The second-order valence-electron chi connectivity index (χ2n) is 5.37. The van der Waals surface area contributed by atoms with E-state index in [2.05, 4.69) is 45.3 Å². The van der Waals surface area contributed by atoms with Gasteiger partial charge in [-0.2, -0.15) is 0 Å². The van der Waals surface area contributed by atoms with E-state index in [9.17, 15) is 0 Å². The minimum absolute atomic E-state index is 0.0122. The lowest BCUT2D eigenvalue weighted by Crippen LogP contribution is -2.51. The van der Waals surface area contributed by atoms with Crippen LogP contribution in [0.5, 0.6) is 0 Å². The zero-order chi connectivity index (χ0) is 10.3. The van der Waals surface area contributed by atoms with Crippen LogP contribution in [0.1, 0.15) is 41.0 Å². The highest BCUT2D eigenvalue weighted by molar-refractivity contribution is 5.12. The molecule has 3 heteroatoms. The summed E-state index contributed by atoms with van der Waals surface area (Å²) < 4.78 is 0. The molecule has 0 aromatic rings. The molecule has 1 fully saturated rings. The molecule has 0 bridgehead atoms. The molecule has 0 atom stereocenters. The molecule has 1 aliphatic heterocycles. The lowest BCUT2D eigenvalue weighted by molar-refractivity contribution is 0.295. The second-order valence-corrected chi connectivity index (χ2v) is 5.37. The van der Waals surface area contributed by atoms with Crippen molar-refractivity contribution in [3.05, 3.63) is 0 Å². The zero-order valence-electron chi connectivity index (χ0n) is 9.49. The highest BCUT2D eigenvalue weighted by Crippen LogP contribution is 2.32. The fourth-order valence-corrected chi connectivity index (χ4v) is 2.14. The Morgan fingerprint density at radius 3 is 1.62 bits per heavy atom. The van der Waals surface area contributed by atoms with E-state index in [0.717, 1.165) is 6.42 Å². The van der Waals surface area contributed by atoms with Crippen LogP contribution in [0, 0.1) is 0 Å². The van der Waals surface area contributed by atoms with Crippen LogP contribution < -0.4 is 16.4 Å². The zero-order valence-corrected chi connectivity index (χ0v) is 9.49. The fourth-order valence-electron chi connectivity index (χ4n) is 2.14. The van der Waals surface area contributed by atoms with Crippen molar-refractivity contribution in [1.82, 2.24) is 10.6 Å². The Kier molecular flexibility index (Phi) is 2.48. The summed E-state index contributed by atoms with van der Waals surface area (Å²) in [6.45, 7) is 11.8. The lowest BCUT2D eigenvalue weighted by Gasteiger charge is -2.33. The number of rotatable bonds is 2. The van der Waals surface area contributed by atoms with Gasteiger partial charge in [0.1, 0.15) is 0 Å². The number of nitrogens with two attached hydrogens (primary N) is 1. The fraction of sp³-hybridized carbons (Fsp3) is 1.00. The number of hydrogen-bond donors (Lipinski definition) is 3. The van der Waals surface area contributed by atoms with Crippen LogP contribution >= 0.6 is 0 Å². The number of nitrogens with one attached hydrogen (secondary N) is 2. The third-order valence-corrected chi connectivity index (χ3v) is 3.38. The van der Waals surface area contributed by atoms with E-state index >= 15 is 0 Å². The van der Waals surface area contributed by atoms with Gasteiger partial charge in [0.25, 0.3) is 0 Å². The van der Waals surface area contributed by atoms with Crippen LogP contribution in [-0.2, 0) is 0 Å².